The Kier molecular flexibility index (Phi) is 8.41. The fraction of sp³-hybridized carbons (Fsp3) is 0.364. The summed E-state index contributed by atoms with van der Waals surface area (Å²) in [4.78, 5) is 32.8. The number of esters is 1. The van der Waals surface area contributed by atoms with E-state index in [9.17, 15) is 19.7 Å². The van der Waals surface area contributed by atoms with Crippen LogP contribution in [0.4, 0.5) is 5.69 Å². The number of carbonyl (C=O) groups is 2. The number of carbonyl (C=O) groups excluding carboxylic acids is 1. The van der Waals surface area contributed by atoms with Crippen LogP contribution in [0.15, 0.2) is 48.5 Å². The van der Waals surface area contributed by atoms with E-state index in [0.717, 1.165) is 5.56 Å². The van der Waals surface area contributed by atoms with Crippen LogP contribution in [0, 0.1) is 10.1 Å². The fourth-order valence-electron chi connectivity index (χ4n) is 2.84. The first-order valence-electron chi connectivity index (χ1n) is 9.81. The van der Waals surface area contributed by atoms with Gasteiger partial charge in [-0.05, 0) is 38.5 Å². The molecule has 0 unspecified atom stereocenters. The molecule has 10 nitrogen and oxygen atoms in total. The summed E-state index contributed by atoms with van der Waals surface area (Å²) in [5.41, 5.74) is 6.51. The second kappa shape index (κ2) is 10.8. The maximum Gasteiger partial charge on any atom is 0.339 e. The van der Waals surface area contributed by atoms with E-state index in [1.165, 1.54) is 24.3 Å². The number of nitro groups is 1. The Morgan fingerprint density at radius 3 is 2.28 bits per heavy atom. The molecule has 0 saturated carbocycles. The number of hydrogen-bond donors (Lipinski definition) is 2. The second-order valence-electron chi connectivity index (χ2n) is 7.54. The molecule has 0 radical (unpaired) electrons. The third-order valence-electron chi connectivity index (χ3n) is 4.47. The van der Waals surface area contributed by atoms with E-state index in [4.69, 9.17) is 25.1 Å². The summed E-state index contributed by atoms with van der Waals surface area (Å²) in [6, 6.07) is 12.1. The van der Waals surface area contributed by atoms with Gasteiger partial charge in [0.25, 0.3) is 5.69 Å². The number of nitrogens with zero attached hydrogens (tertiary/aromatic N) is 1. The van der Waals surface area contributed by atoms with Crippen LogP contribution < -0.4 is 5.73 Å². The first-order valence-corrected chi connectivity index (χ1v) is 9.81. The molecule has 1 fully saturated rings. The molecule has 1 heterocycles. The Morgan fingerprint density at radius 1 is 1.22 bits per heavy atom. The average molecular weight is 446 g/mol. The molecular formula is C22H26N2O8. The number of nitrogens with two attached hydrogens (primary N) is 1. The average Bonchev–Trinajstić information content (AvgIpc) is 3.11. The van der Waals surface area contributed by atoms with Crippen molar-refractivity contribution in [3.63, 3.8) is 0 Å². The van der Waals surface area contributed by atoms with Crippen molar-refractivity contribution in [2.75, 3.05) is 13.2 Å². The minimum atomic E-state index is -1.17. The lowest BCUT2D eigenvalue weighted by Crippen LogP contribution is -2.25. The zero-order valence-electron chi connectivity index (χ0n) is 18.0. The molecule has 3 N–H and O–H groups in total. The Balaban J connectivity index is 0.000000258. The lowest BCUT2D eigenvalue weighted by atomic mass is 10.1. The normalized spacial score (nSPS) is 17.6. The maximum absolute atomic E-state index is 11.9. The van der Waals surface area contributed by atoms with Gasteiger partial charge in [-0.3, -0.25) is 10.1 Å². The van der Waals surface area contributed by atoms with Gasteiger partial charge in [-0.15, -0.1) is 0 Å². The summed E-state index contributed by atoms with van der Waals surface area (Å²) >= 11 is 0. The Hall–Kier alpha value is -3.34. The van der Waals surface area contributed by atoms with Gasteiger partial charge in [0.1, 0.15) is 12.7 Å². The van der Waals surface area contributed by atoms with E-state index in [0.29, 0.717) is 6.61 Å². The van der Waals surface area contributed by atoms with Crippen molar-refractivity contribution in [1.82, 2.24) is 0 Å². The molecule has 10 heteroatoms. The van der Waals surface area contributed by atoms with Gasteiger partial charge in [0, 0.05) is 18.2 Å². The number of nitro benzene ring substituents is 1. The zero-order chi connectivity index (χ0) is 23.9. The number of benzene rings is 2. The molecule has 3 rings (SSSR count). The van der Waals surface area contributed by atoms with Gasteiger partial charge in [0.2, 0.25) is 0 Å². The van der Waals surface area contributed by atoms with Gasteiger partial charge in [-0.2, -0.15) is 0 Å². The summed E-state index contributed by atoms with van der Waals surface area (Å²) in [5, 5.41) is 19.3. The maximum atomic E-state index is 11.9. The van der Waals surface area contributed by atoms with E-state index >= 15 is 0 Å². The van der Waals surface area contributed by atoms with E-state index in [1.807, 2.05) is 6.92 Å². The smallest absolute Gasteiger partial charge is 0.339 e. The highest BCUT2D eigenvalue weighted by Crippen LogP contribution is 2.22. The van der Waals surface area contributed by atoms with E-state index in [1.54, 1.807) is 38.1 Å². The molecule has 0 aromatic heterocycles. The first-order chi connectivity index (χ1) is 15.0. The molecular weight excluding hydrogens is 420 g/mol. The topological polar surface area (TPSA) is 151 Å². The molecule has 2 aromatic rings. The van der Waals surface area contributed by atoms with Crippen molar-refractivity contribution in [2.45, 2.75) is 38.7 Å². The van der Waals surface area contributed by atoms with Crippen LogP contribution in [0.2, 0.25) is 0 Å². The highest BCUT2D eigenvalue weighted by molar-refractivity contribution is 6.02. The van der Waals surface area contributed by atoms with E-state index in [-0.39, 0.29) is 35.6 Å². The largest absolute Gasteiger partial charge is 0.478 e. The molecule has 1 saturated heterocycles. The third-order valence-corrected chi connectivity index (χ3v) is 4.47. The van der Waals surface area contributed by atoms with Crippen molar-refractivity contribution in [1.29, 1.82) is 0 Å². The minimum Gasteiger partial charge on any atom is -0.478 e. The van der Waals surface area contributed by atoms with E-state index < -0.39 is 22.6 Å². The summed E-state index contributed by atoms with van der Waals surface area (Å²) in [6.45, 7) is 5.74. The van der Waals surface area contributed by atoms with Gasteiger partial charge < -0.3 is 25.1 Å². The molecule has 0 amide bonds. The number of hydrogen-bond acceptors (Lipinski definition) is 8. The van der Waals surface area contributed by atoms with Crippen LogP contribution in [0.3, 0.4) is 0 Å². The summed E-state index contributed by atoms with van der Waals surface area (Å²) in [5.74, 6) is -2.54. The van der Waals surface area contributed by atoms with Crippen LogP contribution in [-0.4, -0.2) is 47.1 Å². The quantitative estimate of drug-likeness (QED) is 0.387. The van der Waals surface area contributed by atoms with Crippen LogP contribution in [0.25, 0.3) is 0 Å². The van der Waals surface area contributed by atoms with E-state index in [2.05, 4.69) is 0 Å². The Morgan fingerprint density at radius 2 is 1.81 bits per heavy atom. The van der Waals surface area contributed by atoms with Crippen LogP contribution in [0.5, 0.6) is 0 Å². The lowest BCUT2D eigenvalue weighted by Gasteiger charge is -2.17. The fourth-order valence-corrected chi connectivity index (χ4v) is 2.84. The van der Waals surface area contributed by atoms with Crippen molar-refractivity contribution in [3.05, 3.63) is 75.3 Å². The van der Waals surface area contributed by atoms with Gasteiger partial charge >= 0.3 is 11.9 Å². The summed E-state index contributed by atoms with van der Waals surface area (Å²) in [7, 11) is 0. The Bertz CT molecular complexity index is 957. The zero-order valence-corrected chi connectivity index (χ0v) is 18.0. The predicted octanol–water partition coefficient (Wildman–Crippen LogP) is 3.31. The van der Waals surface area contributed by atoms with Crippen molar-refractivity contribution in [3.8, 4) is 0 Å². The predicted molar refractivity (Wildman–Crippen MR) is 114 cm³/mol. The number of carboxylic acid groups (broad SMARTS) is 1. The van der Waals surface area contributed by atoms with Gasteiger partial charge in [-0.1, -0.05) is 24.3 Å². The van der Waals surface area contributed by atoms with Crippen LogP contribution >= 0.6 is 0 Å². The minimum absolute atomic E-state index is 0.0240. The molecule has 32 heavy (non-hydrogen) atoms. The SMILES string of the molecule is CC1(C)OC[C@@H](COC(=O)c2ccccc2C(=O)O)O1.C[C@H](N)c1ccc([N+](=O)[O-])cc1. The van der Waals surface area contributed by atoms with Crippen molar-refractivity contribution >= 4 is 17.6 Å². The number of aromatic carboxylic acids is 1. The standard InChI is InChI=1S/C14H16O6.C8H10N2O2/c1-14(2)19-8-9(20-14)7-18-13(17)11-6-4-3-5-10(11)12(15)16;1-6(9)7-2-4-8(5-3-7)10(11)12/h3-6,9H,7-8H2,1-2H3,(H,15,16);2-6H,9H2,1H3/t9-;6-/m10/s1. The Labute approximate surface area is 185 Å². The molecule has 0 spiro atoms. The molecule has 0 bridgehead atoms. The summed E-state index contributed by atoms with van der Waals surface area (Å²) in [6.07, 6.45) is -0.342. The molecule has 1 aliphatic heterocycles. The van der Waals surface area contributed by atoms with Gasteiger partial charge in [-0.25, -0.2) is 9.59 Å². The monoisotopic (exact) mass is 446 g/mol. The lowest BCUT2D eigenvalue weighted by molar-refractivity contribution is -0.384. The number of carboxylic acids is 1. The van der Waals surface area contributed by atoms with Crippen molar-refractivity contribution < 1.29 is 33.8 Å². The van der Waals surface area contributed by atoms with Gasteiger partial charge in [0.05, 0.1) is 22.7 Å². The molecule has 0 aliphatic carbocycles. The molecule has 2 aromatic carbocycles. The highest BCUT2D eigenvalue weighted by Gasteiger charge is 2.33. The van der Waals surface area contributed by atoms with Gasteiger partial charge in [0.15, 0.2) is 5.79 Å². The van der Waals surface area contributed by atoms with Crippen molar-refractivity contribution in [2.24, 2.45) is 5.73 Å². The highest BCUT2D eigenvalue weighted by atomic mass is 16.7. The number of non-ortho nitro benzene ring substituents is 1. The molecule has 1 aliphatic rings. The number of rotatable bonds is 6. The van der Waals surface area contributed by atoms with Crippen LogP contribution in [-0.2, 0) is 14.2 Å². The van der Waals surface area contributed by atoms with Crippen LogP contribution in [0.1, 0.15) is 53.1 Å². The molecule has 2 atom stereocenters. The number of ether oxygens (including phenoxy) is 3. The summed E-state index contributed by atoms with van der Waals surface area (Å²) < 4.78 is 15.9. The first kappa shape index (κ1) is 24.9. The molecule has 172 valence electrons. The second-order valence-corrected chi connectivity index (χ2v) is 7.54. The third kappa shape index (κ3) is 7.12.